The number of rotatable bonds is 3. The lowest BCUT2D eigenvalue weighted by molar-refractivity contribution is 1.55. The fraction of sp³-hybridized carbons (Fsp3) is 0. The van der Waals surface area contributed by atoms with Gasteiger partial charge in [0.2, 0.25) is 0 Å². The zero-order valence-electron chi connectivity index (χ0n) is 17.1. The summed E-state index contributed by atoms with van der Waals surface area (Å²) in [5.74, 6) is 0. The van der Waals surface area contributed by atoms with Gasteiger partial charge >= 0.3 is 0 Å². The number of hydrogen-bond donors (Lipinski definition) is 0. The largest absolute Gasteiger partial charge is 0.0622 e. The van der Waals surface area contributed by atoms with Gasteiger partial charge in [0.25, 0.3) is 0 Å². The molecule has 5 aromatic carbocycles. The first-order valence-electron chi connectivity index (χ1n) is 10.6. The molecule has 0 bridgehead atoms. The molecule has 2 heteroatoms. The van der Waals surface area contributed by atoms with Crippen LogP contribution >= 0.6 is 31.9 Å². The van der Waals surface area contributed by atoms with Gasteiger partial charge in [-0.15, -0.1) is 0 Å². The molecule has 0 aliphatic heterocycles. The monoisotopic (exact) mass is 536 g/mol. The molecular formula is C30H18Br2. The van der Waals surface area contributed by atoms with Crippen LogP contribution in [0.3, 0.4) is 0 Å². The molecule has 152 valence electrons. The van der Waals surface area contributed by atoms with E-state index in [2.05, 4.69) is 141 Å². The summed E-state index contributed by atoms with van der Waals surface area (Å²) >= 11 is 8.02. The molecule has 6 rings (SSSR count). The predicted molar refractivity (Wildman–Crippen MR) is 144 cm³/mol. The molecule has 5 aromatic rings. The van der Waals surface area contributed by atoms with E-state index in [1.807, 2.05) is 0 Å². The van der Waals surface area contributed by atoms with Crippen molar-refractivity contribution in [3.05, 3.63) is 130 Å². The molecular weight excluding hydrogens is 520 g/mol. The van der Waals surface area contributed by atoms with Gasteiger partial charge in [-0.25, -0.2) is 0 Å². The first kappa shape index (κ1) is 19.7. The summed E-state index contributed by atoms with van der Waals surface area (Å²) in [5.41, 5.74) is 9.92. The fourth-order valence-corrected chi connectivity index (χ4v) is 6.34. The molecule has 0 fully saturated rings. The van der Waals surface area contributed by atoms with Crippen LogP contribution in [0.15, 0.2) is 114 Å². The van der Waals surface area contributed by atoms with Gasteiger partial charge in [0.1, 0.15) is 0 Å². The fourth-order valence-electron chi connectivity index (χ4n) is 4.82. The molecule has 1 aliphatic carbocycles. The second-order valence-electron chi connectivity index (χ2n) is 7.95. The minimum absolute atomic E-state index is 1.14. The SMILES string of the molecule is BrC1=C(c2ccccc2)c2c(-c3ccccc3)c(-c3ccccc3)c(Br)c3cccc1c23. The first-order valence-corrected chi connectivity index (χ1v) is 12.2. The average molecular weight is 538 g/mol. The van der Waals surface area contributed by atoms with Crippen LogP contribution in [0.4, 0.5) is 0 Å². The van der Waals surface area contributed by atoms with Crippen LogP contribution in [0.2, 0.25) is 0 Å². The summed E-state index contributed by atoms with van der Waals surface area (Å²) in [7, 11) is 0. The Hall–Kier alpha value is -2.94. The van der Waals surface area contributed by atoms with E-state index in [1.54, 1.807) is 0 Å². The van der Waals surface area contributed by atoms with Gasteiger partial charge in [-0.05, 0) is 70.4 Å². The summed E-state index contributed by atoms with van der Waals surface area (Å²) in [6.07, 6.45) is 0. The lowest BCUT2D eigenvalue weighted by Gasteiger charge is -2.21. The predicted octanol–water partition coefficient (Wildman–Crippen LogP) is 9.56. The van der Waals surface area contributed by atoms with Crippen molar-refractivity contribution in [3.63, 3.8) is 0 Å². The molecule has 0 saturated carbocycles. The van der Waals surface area contributed by atoms with Gasteiger partial charge in [0.05, 0.1) is 0 Å². The van der Waals surface area contributed by atoms with E-state index in [0.29, 0.717) is 0 Å². The summed E-state index contributed by atoms with van der Waals surface area (Å²) in [6.45, 7) is 0. The maximum Gasteiger partial charge on any atom is 0.0339 e. The Bertz CT molecular complexity index is 1500. The Kier molecular flexibility index (Phi) is 4.86. The van der Waals surface area contributed by atoms with Gasteiger partial charge in [-0.1, -0.05) is 109 Å². The third kappa shape index (κ3) is 2.94. The maximum absolute atomic E-state index is 4.03. The topological polar surface area (TPSA) is 0 Å². The Morgan fingerprint density at radius 1 is 0.438 bits per heavy atom. The normalized spacial score (nSPS) is 12.6. The van der Waals surface area contributed by atoms with Gasteiger partial charge < -0.3 is 0 Å². The Morgan fingerprint density at radius 2 is 0.969 bits per heavy atom. The van der Waals surface area contributed by atoms with E-state index >= 15 is 0 Å². The molecule has 0 nitrogen and oxygen atoms in total. The molecule has 0 unspecified atom stereocenters. The summed E-state index contributed by atoms with van der Waals surface area (Å²) in [6, 6.07) is 38.7. The van der Waals surface area contributed by atoms with Crippen molar-refractivity contribution < 1.29 is 0 Å². The quantitative estimate of drug-likeness (QED) is 0.215. The van der Waals surface area contributed by atoms with E-state index in [1.165, 1.54) is 55.3 Å². The Balaban J connectivity index is 1.85. The van der Waals surface area contributed by atoms with E-state index in [-0.39, 0.29) is 0 Å². The molecule has 1 aliphatic rings. The minimum atomic E-state index is 1.14. The molecule has 0 atom stereocenters. The van der Waals surface area contributed by atoms with Crippen LogP contribution in [0, 0.1) is 0 Å². The Morgan fingerprint density at radius 3 is 1.56 bits per heavy atom. The van der Waals surface area contributed by atoms with Crippen molar-refractivity contribution >= 4 is 52.7 Å². The van der Waals surface area contributed by atoms with Crippen LogP contribution < -0.4 is 0 Å². The van der Waals surface area contributed by atoms with Gasteiger partial charge in [-0.3, -0.25) is 0 Å². The van der Waals surface area contributed by atoms with Crippen molar-refractivity contribution in [1.82, 2.24) is 0 Å². The highest BCUT2D eigenvalue weighted by atomic mass is 79.9. The standard InChI is InChI=1S/C30H18Br2/c31-29-22-17-10-18-23-27(22)28(26(30(23)32)21-15-8-3-9-16-21)24(19-11-4-1-5-12-19)25(29)20-13-6-2-7-14-20/h1-18H. The van der Waals surface area contributed by atoms with Crippen molar-refractivity contribution in [1.29, 1.82) is 0 Å². The molecule has 0 aromatic heterocycles. The molecule has 0 spiro atoms. The number of benzene rings is 5. The van der Waals surface area contributed by atoms with E-state index in [4.69, 9.17) is 0 Å². The molecule has 0 heterocycles. The van der Waals surface area contributed by atoms with E-state index in [0.717, 1.165) is 8.96 Å². The van der Waals surface area contributed by atoms with Gasteiger partial charge in [0, 0.05) is 25.7 Å². The second-order valence-corrected chi connectivity index (χ2v) is 9.54. The molecule has 0 radical (unpaired) electrons. The van der Waals surface area contributed by atoms with Crippen molar-refractivity contribution in [2.24, 2.45) is 0 Å². The van der Waals surface area contributed by atoms with Crippen LogP contribution in [-0.2, 0) is 0 Å². The van der Waals surface area contributed by atoms with Crippen LogP contribution in [-0.4, -0.2) is 0 Å². The zero-order valence-corrected chi connectivity index (χ0v) is 20.3. The highest BCUT2D eigenvalue weighted by molar-refractivity contribution is 9.15. The minimum Gasteiger partial charge on any atom is -0.0622 e. The maximum atomic E-state index is 4.03. The van der Waals surface area contributed by atoms with Crippen molar-refractivity contribution in [2.75, 3.05) is 0 Å². The molecule has 0 amide bonds. The average Bonchev–Trinajstić information content (AvgIpc) is 3.15. The summed E-state index contributed by atoms with van der Waals surface area (Å²) in [4.78, 5) is 0. The van der Waals surface area contributed by atoms with Crippen LogP contribution in [0.1, 0.15) is 16.7 Å². The van der Waals surface area contributed by atoms with Crippen molar-refractivity contribution in [3.8, 4) is 22.3 Å². The Labute approximate surface area is 204 Å². The lowest BCUT2D eigenvalue weighted by Crippen LogP contribution is -1.96. The number of halogens is 2. The lowest BCUT2D eigenvalue weighted by atomic mass is 9.84. The highest BCUT2D eigenvalue weighted by Gasteiger charge is 2.31. The second kappa shape index (κ2) is 7.88. The van der Waals surface area contributed by atoms with Crippen LogP contribution in [0.5, 0.6) is 0 Å². The molecule has 0 N–H and O–H groups in total. The van der Waals surface area contributed by atoms with E-state index in [9.17, 15) is 0 Å². The summed E-state index contributed by atoms with van der Waals surface area (Å²) < 4.78 is 2.29. The van der Waals surface area contributed by atoms with Crippen LogP contribution in [0.25, 0.3) is 43.1 Å². The first-order chi connectivity index (χ1) is 15.8. The summed E-state index contributed by atoms with van der Waals surface area (Å²) in [5, 5.41) is 2.53. The van der Waals surface area contributed by atoms with E-state index < -0.39 is 0 Å². The molecule has 0 saturated heterocycles. The van der Waals surface area contributed by atoms with Gasteiger partial charge in [0.15, 0.2) is 0 Å². The number of hydrogen-bond acceptors (Lipinski definition) is 0. The third-order valence-electron chi connectivity index (χ3n) is 6.16. The van der Waals surface area contributed by atoms with Gasteiger partial charge in [-0.2, -0.15) is 0 Å². The third-order valence-corrected chi connectivity index (χ3v) is 7.81. The molecule has 32 heavy (non-hydrogen) atoms. The van der Waals surface area contributed by atoms with Crippen molar-refractivity contribution in [2.45, 2.75) is 0 Å². The highest BCUT2D eigenvalue weighted by Crippen LogP contribution is 2.56. The zero-order chi connectivity index (χ0) is 21.7. The smallest absolute Gasteiger partial charge is 0.0339 e.